The summed E-state index contributed by atoms with van der Waals surface area (Å²) in [7, 11) is 0. The van der Waals surface area contributed by atoms with Gasteiger partial charge in [-0.2, -0.15) is 0 Å². The number of carbonyl (C=O) groups is 2. The third kappa shape index (κ3) is 8.84. The molecule has 4 aromatic rings. The summed E-state index contributed by atoms with van der Waals surface area (Å²) in [5, 5.41) is 15.7. The molecule has 1 aliphatic heterocycles. The van der Waals surface area contributed by atoms with Crippen molar-refractivity contribution >= 4 is 52.1 Å². The van der Waals surface area contributed by atoms with E-state index in [0.717, 1.165) is 16.7 Å². The van der Waals surface area contributed by atoms with Gasteiger partial charge in [0.1, 0.15) is 5.15 Å². The fourth-order valence-corrected chi connectivity index (χ4v) is 5.38. The standard InChI is InChI=1S/C33H35Cl2N5O5/c34-31-32(35)40(20-37-31)18-25-17-28(22-11-9-21(19-41)10-12-22)45-33(44-25)23-13-15-24(16-14-23)38-29(42)7-3-4-8-30(43)39-27-6-2-1-5-26(27)36/h1-2,5-6,9-16,20,25,28,33,41H,3-4,7-8,17-19,36H2,(H,38,42)(H,39,43). The van der Waals surface area contributed by atoms with Gasteiger partial charge in [0.25, 0.3) is 0 Å². The fourth-order valence-electron chi connectivity index (χ4n) is 5.06. The second kappa shape index (κ2) is 15.4. The summed E-state index contributed by atoms with van der Waals surface area (Å²) < 4.78 is 14.5. The number of anilines is 3. The van der Waals surface area contributed by atoms with Crippen LogP contribution in [0, 0.1) is 0 Å². The number of halogens is 2. The first-order valence-corrected chi connectivity index (χ1v) is 15.5. The van der Waals surface area contributed by atoms with Crippen molar-refractivity contribution in [2.24, 2.45) is 0 Å². The lowest BCUT2D eigenvalue weighted by Crippen LogP contribution is -2.32. The maximum absolute atomic E-state index is 12.5. The number of carbonyl (C=O) groups excluding carboxylic acids is 2. The van der Waals surface area contributed by atoms with Crippen LogP contribution in [0.4, 0.5) is 17.1 Å². The molecular weight excluding hydrogens is 617 g/mol. The number of unbranched alkanes of at least 4 members (excludes halogenated alkanes) is 1. The Labute approximate surface area is 271 Å². The van der Waals surface area contributed by atoms with Crippen LogP contribution in [0.25, 0.3) is 0 Å². The molecule has 1 aromatic heterocycles. The molecule has 0 spiro atoms. The summed E-state index contributed by atoms with van der Waals surface area (Å²) in [6, 6.07) is 22.0. The van der Waals surface area contributed by atoms with Crippen molar-refractivity contribution in [2.45, 2.75) is 63.8 Å². The number of hydrogen-bond acceptors (Lipinski definition) is 7. The Morgan fingerprint density at radius 2 is 1.58 bits per heavy atom. The summed E-state index contributed by atoms with van der Waals surface area (Å²) in [6.45, 7) is 0.393. The molecular formula is C33H35Cl2N5O5. The highest BCUT2D eigenvalue weighted by molar-refractivity contribution is 6.40. The molecule has 2 amide bonds. The molecule has 236 valence electrons. The number of nitrogens with two attached hydrogens (primary N) is 1. The monoisotopic (exact) mass is 651 g/mol. The average molecular weight is 653 g/mol. The van der Waals surface area contributed by atoms with E-state index in [1.165, 1.54) is 0 Å². The molecule has 1 fully saturated rings. The quantitative estimate of drug-likeness (QED) is 0.0993. The Morgan fingerprint density at radius 1 is 0.911 bits per heavy atom. The van der Waals surface area contributed by atoms with Crippen molar-refractivity contribution in [1.29, 1.82) is 0 Å². The third-order valence-corrected chi connectivity index (χ3v) is 8.28. The van der Waals surface area contributed by atoms with Crippen LogP contribution in [0.3, 0.4) is 0 Å². The number of aliphatic hydroxyl groups excluding tert-OH is 1. The Kier molecular flexibility index (Phi) is 11.1. The highest BCUT2D eigenvalue weighted by Crippen LogP contribution is 2.39. The van der Waals surface area contributed by atoms with E-state index in [-0.39, 0.29) is 42.2 Å². The highest BCUT2D eigenvalue weighted by atomic mass is 35.5. The molecule has 0 radical (unpaired) electrons. The topological polar surface area (TPSA) is 141 Å². The summed E-state index contributed by atoms with van der Waals surface area (Å²) in [4.78, 5) is 28.8. The van der Waals surface area contributed by atoms with Gasteiger partial charge < -0.3 is 35.5 Å². The largest absolute Gasteiger partial charge is 0.397 e. The molecule has 3 atom stereocenters. The molecule has 2 heterocycles. The van der Waals surface area contributed by atoms with Crippen molar-refractivity contribution in [2.75, 3.05) is 16.4 Å². The number of aliphatic hydroxyl groups is 1. The zero-order valence-electron chi connectivity index (χ0n) is 24.5. The SMILES string of the molecule is Nc1ccccc1NC(=O)CCCCC(=O)Nc1ccc(C2OC(Cn3cnc(Cl)c3Cl)CC(c3ccc(CO)cc3)O2)cc1. The van der Waals surface area contributed by atoms with E-state index in [4.69, 9.17) is 38.4 Å². The zero-order valence-corrected chi connectivity index (χ0v) is 26.0. The number of imidazole rings is 1. The Hall–Kier alpha value is -3.93. The highest BCUT2D eigenvalue weighted by Gasteiger charge is 2.33. The number of hydrogen-bond donors (Lipinski definition) is 4. The van der Waals surface area contributed by atoms with Crippen molar-refractivity contribution < 1.29 is 24.2 Å². The zero-order chi connectivity index (χ0) is 31.8. The van der Waals surface area contributed by atoms with Gasteiger partial charge in [-0.3, -0.25) is 9.59 Å². The molecule has 12 heteroatoms. The van der Waals surface area contributed by atoms with Gasteiger partial charge in [-0.1, -0.05) is 71.7 Å². The third-order valence-electron chi connectivity index (χ3n) is 7.51. The van der Waals surface area contributed by atoms with Crippen LogP contribution in [0.5, 0.6) is 0 Å². The first-order chi connectivity index (χ1) is 21.8. The summed E-state index contributed by atoms with van der Waals surface area (Å²) in [6.07, 6.45) is 2.66. The minimum atomic E-state index is -0.675. The number of aromatic nitrogens is 2. The number of ether oxygens (including phenoxy) is 2. The molecule has 5 rings (SSSR count). The number of nitrogen functional groups attached to an aromatic ring is 1. The molecule has 0 aliphatic carbocycles. The van der Waals surface area contributed by atoms with Gasteiger partial charge in [-0.05, 0) is 48.2 Å². The molecule has 0 saturated carbocycles. The molecule has 10 nitrogen and oxygen atoms in total. The van der Waals surface area contributed by atoms with E-state index in [9.17, 15) is 14.7 Å². The van der Waals surface area contributed by atoms with Crippen molar-refractivity contribution in [3.05, 3.63) is 106 Å². The van der Waals surface area contributed by atoms with Crippen LogP contribution in [-0.2, 0) is 32.2 Å². The summed E-state index contributed by atoms with van der Waals surface area (Å²) in [5.41, 5.74) is 10.2. The number of nitrogens with zero attached hydrogens (tertiary/aromatic N) is 2. The van der Waals surface area contributed by atoms with E-state index in [0.29, 0.717) is 54.4 Å². The molecule has 5 N–H and O–H groups in total. The molecule has 0 bridgehead atoms. The van der Waals surface area contributed by atoms with E-state index in [1.54, 1.807) is 47.3 Å². The summed E-state index contributed by atoms with van der Waals surface area (Å²) in [5.74, 6) is -0.275. The smallest absolute Gasteiger partial charge is 0.224 e. The molecule has 45 heavy (non-hydrogen) atoms. The Morgan fingerprint density at radius 3 is 2.22 bits per heavy atom. The maximum Gasteiger partial charge on any atom is 0.224 e. The summed E-state index contributed by atoms with van der Waals surface area (Å²) >= 11 is 12.4. The van der Waals surface area contributed by atoms with Gasteiger partial charge in [-0.25, -0.2) is 4.98 Å². The fraction of sp³-hybridized carbons (Fsp3) is 0.303. The number of para-hydroxylation sites is 2. The molecule has 1 saturated heterocycles. The van der Waals surface area contributed by atoms with Crippen LogP contribution >= 0.6 is 23.2 Å². The number of benzene rings is 3. The lowest BCUT2D eigenvalue weighted by Gasteiger charge is -2.36. The first kappa shape index (κ1) is 32.5. The van der Waals surface area contributed by atoms with Crippen LogP contribution in [0.15, 0.2) is 79.1 Å². The van der Waals surface area contributed by atoms with Crippen LogP contribution in [0.2, 0.25) is 10.3 Å². The van der Waals surface area contributed by atoms with E-state index in [2.05, 4.69) is 15.6 Å². The van der Waals surface area contributed by atoms with Gasteiger partial charge in [0.2, 0.25) is 11.8 Å². The predicted molar refractivity (Wildman–Crippen MR) is 174 cm³/mol. The van der Waals surface area contributed by atoms with Gasteiger partial charge in [-0.15, -0.1) is 0 Å². The minimum Gasteiger partial charge on any atom is -0.397 e. The van der Waals surface area contributed by atoms with Crippen LogP contribution < -0.4 is 16.4 Å². The minimum absolute atomic E-state index is 0.0369. The number of nitrogens with one attached hydrogen (secondary N) is 2. The molecule has 3 aromatic carbocycles. The second-order valence-electron chi connectivity index (χ2n) is 10.8. The average Bonchev–Trinajstić information content (AvgIpc) is 3.36. The second-order valence-corrected chi connectivity index (χ2v) is 11.6. The van der Waals surface area contributed by atoms with Gasteiger partial charge >= 0.3 is 0 Å². The van der Waals surface area contributed by atoms with Crippen molar-refractivity contribution in [3.8, 4) is 0 Å². The predicted octanol–water partition coefficient (Wildman–Crippen LogP) is 6.65. The van der Waals surface area contributed by atoms with Crippen LogP contribution in [-0.4, -0.2) is 32.6 Å². The van der Waals surface area contributed by atoms with Gasteiger partial charge in [0.05, 0.1) is 43.1 Å². The van der Waals surface area contributed by atoms with Crippen molar-refractivity contribution in [3.63, 3.8) is 0 Å². The van der Waals surface area contributed by atoms with Gasteiger partial charge in [0.15, 0.2) is 11.4 Å². The van der Waals surface area contributed by atoms with Crippen molar-refractivity contribution in [1.82, 2.24) is 9.55 Å². The Balaban J connectivity index is 1.15. The van der Waals surface area contributed by atoms with E-state index in [1.807, 2.05) is 36.4 Å². The first-order valence-electron chi connectivity index (χ1n) is 14.7. The maximum atomic E-state index is 12.5. The molecule has 3 unspecified atom stereocenters. The van der Waals surface area contributed by atoms with Gasteiger partial charge in [0, 0.05) is 30.5 Å². The normalized spacial score (nSPS) is 18.0. The number of rotatable bonds is 12. The lowest BCUT2D eigenvalue weighted by molar-refractivity contribution is -0.252. The lowest BCUT2D eigenvalue weighted by atomic mass is 10.00. The van der Waals surface area contributed by atoms with Crippen LogP contribution in [0.1, 0.15) is 61.2 Å². The van der Waals surface area contributed by atoms with E-state index >= 15 is 0 Å². The van der Waals surface area contributed by atoms with E-state index < -0.39 is 6.29 Å². The Bertz CT molecular complexity index is 1600. The number of amides is 2. The molecule has 1 aliphatic rings.